The van der Waals surface area contributed by atoms with Gasteiger partial charge in [0.15, 0.2) is 0 Å². The fourth-order valence-electron chi connectivity index (χ4n) is 2.46. The van der Waals surface area contributed by atoms with Crippen molar-refractivity contribution in [1.29, 1.82) is 0 Å². The van der Waals surface area contributed by atoms with E-state index in [1.165, 1.54) is 42.6 Å². The third kappa shape index (κ3) is 5.65. The Morgan fingerprint density at radius 2 is 1.70 bits per heavy atom. The number of ether oxygens (including phenoxy) is 1. The summed E-state index contributed by atoms with van der Waals surface area (Å²) in [7, 11) is -3.76. The summed E-state index contributed by atoms with van der Waals surface area (Å²) in [6.45, 7) is 2.35. The smallest absolute Gasteiger partial charge is 0.271 e. The van der Waals surface area contributed by atoms with Gasteiger partial charge in [0.05, 0.1) is 17.7 Å². The number of nitrogens with one attached hydrogen (secondary N) is 2. The first kappa shape index (κ1) is 21.0. The fraction of sp³-hybridized carbons (Fsp3) is 0.0952. The van der Waals surface area contributed by atoms with Crippen molar-refractivity contribution >= 4 is 27.8 Å². The number of sulfonamides is 1. The van der Waals surface area contributed by atoms with Gasteiger partial charge in [-0.05, 0) is 73.2 Å². The van der Waals surface area contributed by atoms with Crippen molar-refractivity contribution in [3.63, 3.8) is 0 Å². The molecule has 2 aromatic carbocycles. The van der Waals surface area contributed by atoms with Crippen LogP contribution in [0, 0.1) is 0 Å². The summed E-state index contributed by atoms with van der Waals surface area (Å²) in [5.74, 6) is 0.180. The second kappa shape index (κ2) is 9.66. The molecule has 0 spiro atoms. The van der Waals surface area contributed by atoms with Crippen molar-refractivity contribution in [2.45, 2.75) is 11.8 Å². The molecule has 30 heavy (non-hydrogen) atoms. The third-order valence-electron chi connectivity index (χ3n) is 3.93. The number of anilines is 1. The minimum Gasteiger partial charge on any atom is -0.494 e. The Balaban J connectivity index is 1.62. The Hall–Kier alpha value is -3.72. The van der Waals surface area contributed by atoms with E-state index in [0.717, 1.165) is 5.56 Å². The largest absolute Gasteiger partial charge is 0.494 e. The zero-order valence-electron chi connectivity index (χ0n) is 16.1. The molecule has 1 heterocycles. The molecule has 3 rings (SSSR count). The number of hydrogen-bond donors (Lipinski definition) is 2. The SMILES string of the molecule is CCOc1ccc(S(=O)(=O)Nc2ccc(C(=O)N/N=C/c3ccncc3)cc2)cc1. The van der Waals surface area contributed by atoms with Crippen molar-refractivity contribution in [3.05, 3.63) is 84.2 Å². The van der Waals surface area contributed by atoms with E-state index in [9.17, 15) is 13.2 Å². The monoisotopic (exact) mass is 424 g/mol. The van der Waals surface area contributed by atoms with Gasteiger partial charge < -0.3 is 4.74 Å². The number of hydrogen-bond acceptors (Lipinski definition) is 6. The maximum absolute atomic E-state index is 12.5. The molecule has 0 aliphatic carbocycles. The van der Waals surface area contributed by atoms with Crippen LogP contribution in [0.5, 0.6) is 5.75 Å². The quantitative estimate of drug-likeness (QED) is 0.427. The minimum atomic E-state index is -3.76. The van der Waals surface area contributed by atoms with Gasteiger partial charge in [-0.25, -0.2) is 13.8 Å². The van der Waals surface area contributed by atoms with Crippen molar-refractivity contribution in [3.8, 4) is 5.75 Å². The van der Waals surface area contributed by atoms with E-state index in [-0.39, 0.29) is 4.90 Å². The molecule has 0 atom stereocenters. The summed E-state index contributed by atoms with van der Waals surface area (Å²) >= 11 is 0. The average Bonchev–Trinajstić information content (AvgIpc) is 2.75. The third-order valence-corrected chi connectivity index (χ3v) is 5.33. The molecule has 9 heteroatoms. The number of pyridine rings is 1. The van der Waals surface area contributed by atoms with Crippen LogP contribution in [0.2, 0.25) is 0 Å². The number of carbonyl (C=O) groups is 1. The minimum absolute atomic E-state index is 0.109. The highest BCUT2D eigenvalue weighted by Gasteiger charge is 2.14. The summed E-state index contributed by atoms with van der Waals surface area (Å²) in [5.41, 5.74) is 3.88. The number of hydrazone groups is 1. The molecule has 0 fully saturated rings. The molecule has 1 amide bonds. The van der Waals surface area contributed by atoms with Gasteiger partial charge in [-0.15, -0.1) is 0 Å². The molecule has 154 valence electrons. The van der Waals surface area contributed by atoms with E-state index in [1.807, 2.05) is 6.92 Å². The summed E-state index contributed by atoms with van der Waals surface area (Å²) in [4.78, 5) is 16.2. The molecule has 0 aliphatic rings. The van der Waals surface area contributed by atoms with E-state index in [2.05, 4.69) is 20.2 Å². The van der Waals surface area contributed by atoms with Gasteiger partial charge in [-0.2, -0.15) is 5.10 Å². The highest BCUT2D eigenvalue weighted by Crippen LogP contribution is 2.19. The van der Waals surface area contributed by atoms with Gasteiger partial charge in [0.2, 0.25) is 0 Å². The van der Waals surface area contributed by atoms with E-state index in [1.54, 1.807) is 36.7 Å². The standard InChI is InChI=1S/C21H20N4O4S/c1-2-29-19-7-9-20(10-8-19)30(27,28)25-18-5-3-17(4-6-18)21(26)24-23-15-16-11-13-22-14-12-16/h3-15,25H,2H2,1H3,(H,24,26)/b23-15+. The molecule has 0 bridgehead atoms. The van der Waals surface area contributed by atoms with Crippen LogP contribution in [-0.4, -0.2) is 32.1 Å². The first-order chi connectivity index (χ1) is 14.5. The van der Waals surface area contributed by atoms with E-state index < -0.39 is 15.9 Å². The Morgan fingerprint density at radius 3 is 2.33 bits per heavy atom. The van der Waals surface area contributed by atoms with Gasteiger partial charge >= 0.3 is 0 Å². The highest BCUT2D eigenvalue weighted by molar-refractivity contribution is 7.92. The molecular weight excluding hydrogens is 404 g/mol. The first-order valence-electron chi connectivity index (χ1n) is 9.07. The maximum atomic E-state index is 12.5. The number of aromatic nitrogens is 1. The number of rotatable bonds is 8. The summed E-state index contributed by atoms with van der Waals surface area (Å²) in [5, 5.41) is 3.89. The topological polar surface area (TPSA) is 110 Å². The van der Waals surface area contributed by atoms with Crippen molar-refractivity contribution in [2.24, 2.45) is 5.10 Å². The first-order valence-corrected chi connectivity index (χ1v) is 10.6. The van der Waals surface area contributed by atoms with Gasteiger partial charge in [-0.1, -0.05) is 0 Å². The van der Waals surface area contributed by atoms with Crippen LogP contribution in [0.1, 0.15) is 22.8 Å². The van der Waals surface area contributed by atoms with Gasteiger partial charge in [0.25, 0.3) is 15.9 Å². The van der Waals surface area contributed by atoms with Gasteiger partial charge in [0, 0.05) is 23.6 Å². The second-order valence-electron chi connectivity index (χ2n) is 6.07. The second-order valence-corrected chi connectivity index (χ2v) is 7.75. The molecule has 0 radical (unpaired) electrons. The Labute approximate surface area is 174 Å². The highest BCUT2D eigenvalue weighted by atomic mass is 32.2. The summed E-state index contributed by atoms with van der Waals surface area (Å²) < 4.78 is 32.8. The van der Waals surface area contributed by atoms with Crippen LogP contribution >= 0.6 is 0 Å². The van der Waals surface area contributed by atoms with E-state index in [4.69, 9.17) is 4.74 Å². The summed E-state index contributed by atoms with van der Waals surface area (Å²) in [6, 6.07) is 15.7. The predicted octanol–water partition coefficient (Wildman–Crippen LogP) is 3.05. The zero-order valence-corrected chi connectivity index (χ0v) is 17.0. The van der Waals surface area contributed by atoms with E-state index >= 15 is 0 Å². The van der Waals surface area contributed by atoms with E-state index in [0.29, 0.717) is 23.6 Å². The molecule has 2 N–H and O–H groups in total. The van der Waals surface area contributed by atoms with Crippen molar-refractivity contribution in [2.75, 3.05) is 11.3 Å². The normalized spacial score (nSPS) is 11.2. The zero-order chi connectivity index (χ0) is 21.4. The molecule has 1 aromatic heterocycles. The predicted molar refractivity (Wildman–Crippen MR) is 114 cm³/mol. The van der Waals surface area contributed by atoms with Crippen LogP contribution in [0.25, 0.3) is 0 Å². The van der Waals surface area contributed by atoms with Gasteiger partial charge in [-0.3, -0.25) is 14.5 Å². The average molecular weight is 424 g/mol. The molecule has 0 saturated heterocycles. The van der Waals surface area contributed by atoms with Crippen LogP contribution in [0.4, 0.5) is 5.69 Å². The number of amides is 1. The molecule has 3 aromatic rings. The van der Waals surface area contributed by atoms with Crippen molar-refractivity contribution < 1.29 is 17.9 Å². The lowest BCUT2D eigenvalue weighted by Gasteiger charge is -2.09. The lowest BCUT2D eigenvalue weighted by atomic mass is 10.2. The van der Waals surface area contributed by atoms with Crippen LogP contribution < -0.4 is 14.9 Å². The van der Waals surface area contributed by atoms with Crippen LogP contribution in [0.3, 0.4) is 0 Å². The summed E-state index contributed by atoms with van der Waals surface area (Å²) in [6.07, 6.45) is 4.74. The number of carbonyl (C=O) groups excluding carboxylic acids is 1. The van der Waals surface area contributed by atoms with Crippen LogP contribution in [0.15, 0.2) is 83.1 Å². The number of nitrogens with zero attached hydrogens (tertiary/aromatic N) is 2. The fourth-order valence-corrected chi connectivity index (χ4v) is 3.52. The maximum Gasteiger partial charge on any atom is 0.271 e. The molecule has 0 aliphatic heterocycles. The Kier molecular flexibility index (Phi) is 6.76. The molecule has 0 saturated carbocycles. The number of benzene rings is 2. The lowest BCUT2D eigenvalue weighted by Crippen LogP contribution is -2.18. The molecule has 8 nitrogen and oxygen atoms in total. The Bertz CT molecular complexity index is 1110. The van der Waals surface area contributed by atoms with Crippen LogP contribution in [-0.2, 0) is 10.0 Å². The van der Waals surface area contributed by atoms with Gasteiger partial charge in [0.1, 0.15) is 5.75 Å². The lowest BCUT2D eigenvalue weighted by molar-refractivity contribution is 0.0955. The molecule has 0 unspecified atom stereocenters. The molecular formula is C21H20N4O4S. The Morgan fingerprint density at radius 1 is 1.03 bits per heavy atom. The van der Waals surface area contributed by atoms with Crippen molar-refractivity contribution in [1.82, 2.24) is 10.4 Å².